The number of primary sulfonamides is 1. The third kappa shape index (κ3) is 3.12. The topological polar surface area (TPSA) is 103 Å². The van der Waals surface area contributed by atoms with Crippen LogP contribution < -0.4 is 5.14 Å². The third-order valence-corrected chi connectivity index (χ3v) is 7.66. The minimum Gasteiger partial charge on any atom is -0.287 e. The first-order chi connectivity index (χ1) is 16.3. The molecular weight excluding hydrogens is 453 g/mol. The van der Waals surface area contributed by atoms with Crippen molar-refractivity contribution in [3.63, 3.8) is 0 Å². The monoisotopic (exact) mass is 473 g/mol. The molecule has 1 saturated carbocycles. The summed E-state index contributed by atoms with van der Waals surface area (Å²) in [6.45, 7) is 1.53. The van der Waals surface area contributed by atoms with Crippen LogP contribution in [0.1, 0.15) is 29.7 Å². The van der Waals surface area contributed by atoms with Gasteiger partial charge in [0, 0.05) is 35.0 Å². The number of hydrogen-bond donors (Lipinski definition) is 1. The highest BCUT2D eigenvalue weighted by atomic mass is 32.2. The van der Waals surface area contributed by atoms with Crippen LogP contribution in [0.3, 0.4) is 0 Å². The van der Waals surface area contributed by atoms with Crippen molar-refractivity contribution in [3.05, 3.63) is 89.9 Å². The molecule has 3 aromatic heterocycles. The van der Waals surface area contributed by atoms with Crippen molar-refractivity contribution in [2.45, 2.75) is 30.1 Å². The van der Waals surface area contributed by atoms with E-state index >= 15 is 0 Å². The van der Waals surface area contributed by atoms with Crippen LogP contribution >= 0.6 is 0 Å². The molecule has 0 bridgehead atoms. The predicted octanol–water partition coefficient (Wildman–Crippen LogP) is 4.12. The van der Waals surface area contributed by atoms with Crippen LogP contribution in [0.25, 0.3) is 27.8 Å². The second-order valence-electron chi connectivity index (χ2n) is 8.74. The van der Waals surface area contributed by atoms with E-state index in [1.165, 1.54) is 18.6 Å². The molecule has 0 aliphatic heterocycles. The largest absolute Gasteiger partial charge is 0.287 e. The summed E-state index contributed by atoms with van der Waals surface area (Å²) in [4.78, 5) is 12.9. The minimum absolute atomic E-state index is 0.179. The fraction of sp³-hybridized carbons (Fsp3) is 0.160. The molecule has 9 heteroatoms. The Morgan fingerprint density at radius 1 is 1.06 bits per heavy atom. The number of imidazole rings is 1. The normalized spacial score (nSPS) is 15.1. The molecule has 5 aromatic rings. The second-order valence-corrected chi connectivity index (χ2v) is 10.3. The van der Waals surface area contributed by atoms with Gasteiger partial charge in [0.1, 0.15) is 10.7 Å². The molecule has 0 radical (unpaired) electrons. The minimum atomic E-state index is -4.16. The standard InChI is InChI=1S/C25H20FN5O2S/c1-15-19(5-7-21(23(15)26)34(27,32)33)17-12-29-24-30-13-22(31(24)14-17)25(8-9-25)18-4-6-20-16(11-18)3-2-10-28-20/h2-7,10-14H,8-9H2,1H3,(H2,27,32,33). The Kier molecular flexibility index (Phi) is 4.39. The Bertz CT molecular complexity index is 1720. The van der Waals surface area contributed by atoms with Gasteiger partial charge in [0.05, 0.1) is 17.4 Å². The van der Waals surface area contributed by atoms with Crippen LogP contribution in [0.2, 0.25) is 0 Å². The van der Waals surface area contributed by atoms with Crippen molar-refractivity contribution in [1.82, 2.24) is 19.4 Å². The molecule has 1 fully saturated rings. The first-order valence-corrected chi connectivity index (χ1v) is 12.3. The maximum atomic E-state index is 14.8. The Hall–Kier alpha value is -3.69. The lowest BCUT2D eigenvalue weighted by Crippen LogP contribution is -2.15. The third-order valence-electron chi connectivity index (χ3n) is 6.73. The van der Waals surface area contributed by atoms with Gasteiger partial charge in [-0.15, -0.1) is 0 Å². The summed E-state index contributed by atoms with van der Waals surface area (Å²) in [6, 6.07) is 13.1. The molecule has 2 N–H and O–H groups in total. The maximum Gasteiger partial charge on any atom is 0.240 e. The molecular formula is C25H20FN5O2S. The van der Waals surface area contributed by atoms with Crippen LogP contribution in [0, 0.1) is 12.7 Å². The summed E-state index contributed by atoms with van der Waals surface area (Å²) < 4.78 is 40.1. The molecule has 3 heterocycles. The number of sulfonamides is 1. The van der Waals surface area contributed by atoms with Crippen molar-refractivity contribution in [1.29, 1.82) is 0 Å². The van der Waals surface area contributed by atoms with Gasteiger partial charge in [-0.1, -0.05) is 18.2 Å². The van der Waals surface area contributed by atoms with Crippen molar-refractivity contribution in [2.75, 3.05) is 0 Å². The quantitative estimate of drug-likeness (QED) is 0.423. The van der Waals surface area contributed by atoms with E-state index in [0.29, 0.717) is 16.9 Å². The van der Waals surface area contributed by atoms with E-state index in [1.54, 1.807) is 18.5 Å². The van der Waals surface area contributed by atoms with Gasteiger partial charge in [-0.25, -0.2) is 27.9 Å². The van der Waals surface area contributed by atoms with Gasteiger partial charge in [0.15, 0.2) is 0 Å². The number of hydrogen-bond acceptors (Lipinski definition) is 5. The van der Waals surface area contributed by atoms with Gasteiger partial charge in [0.2, 0.25) is 15.8 Å². The van der Waals surface area contributed by atoms with Gasteiger partial charge >= 0.3 is 0 Å². The SMILES string of the molecule is Cc1c(-c2cnc3ncc(C4(c5ccc6ncccc6c5)CC4)n3c2)ccc(S(N)(=O)=O)c1F. The number of halogens is 1. The highest BCUT2D eigenvalue weighted by molar-refractivity contribution is 7.89. The van der Waals surface area contributed by atoms with Gasteiger partial charge < -0.3 is 0 Å². The molecule has 0 atom stereocenters. The number of benzene rings is 2. The number of rotatable bonds is 4. The Balaban J connectivity index is 1.48. The predicted molar refractivity (Wildman–Crippen MR) is 126 cm³/mol. The summed E-state index contributed by atoms with van der Waals surface area (Å²) in [5, 5.41) is 6.23. The summed E-state index contributed by atoms with van der Waals surface area (Å²) in [7, 11) is -4.16. The van der Waals surface area contributed by atoms with Gasteiger partial charge in [-0.2, -0.15) is 0 Å². The van der Waals surface area contributed by atoms with Crippen molar-refractivity contribution in [2.24, 2.45) is 5.14 Å². The lowest BCUT2D eigenvalue weighted by atomic mass is 9.91. The summed E-state index contributed by atoms with van der Waals surface area (Å²) in [5.74, 6) is -0.304. The van der Waals surface area contributed by atoms with Gasteiger partial charge in [0.25, 0.3) is 0 Å². The van der Waals surface area contributed by atoms with E-state index in [9.17, 15) is 12.8 Å². The number of nitrogens with zero attached hydrogens (tertiary/aromatic N) is 4. The van der Waals surface area contributed by atoms with Crippen LogP contribution in [-0.4, -0.2) is 27.8 Å². The molecule has 0 spiro atoms. The van der Waals surface area contributed by atoms with E-state index in [-0.39, 0.29) is 11.0 Å². The van der Waals surface area contributed by atoms with E-state index in [0.717, 1.165) is 29.4 Å². The summed E-state index contributed by atoms with van der Waals surface area (Å²) >= 11 is 0. The van der Waals surface area contributed by atoms with E-state index < -0.39 is 20.7 Å². The lowest BCUT2D eigenvalue weighted by molar-refractivity contribution is 0.563. The zero-order valence-electron chi connectivity index (χ0n) is 18.2. The Morgan fingerprint density at radius 2 is 1.85 bits per heavy atom. The van der Waals surface area contributed by atoms with Crippen LogP contribution in [0.15, 0.2) is 72.1 Å². The summed E-state index contributed by atoms with van der Waals surface area (Å²) in [6.07, 6.45) is 9.09. The highest BCUT2D eigenvalue weighted by Gasteiger charge is 2.48. The van der Waals surface area contributed by atoms with Gasteiger partial charge in [-0.05, 0) is 60.7 Å². The Morgan fingerprint density at radius 3 is 2.62 bits per heavy atom. The van der Waals surface area contributed by atoms with Crippen molar-refractivity contribution < 1.29 is 12.8 Å². The van der Waals surface area contributed by atoms with Crippen LogP contribution in [0.5, 0.6) is 0 Å². The molecule has 7 nitrogen and oxygen atoms in total. The van der Waals surface area contributed by atoms with E-state index in [4.69, 9.17) is 5.14 Å². The molecule has 2 aromatic carbocycles. The first kappa shape index (κ1) is 20.9. The van der Waals surface area contributed by atoms with Crippen molar-refractivity contribution in [3.8, 4) is 11.1 Å². The molecule has 34 heavy (non-hydrogen) atoms. The van der Waals surface area contributed by atoms with Gasteiger partial charge in [-0.3, -0.25) is 9.38 Å². The van der Waals surface area contributed by atoms with Crippen LogP contribution in [0.4, 0.5) is 4.39 Å². The number of fused-ring (bicyclic) bond motifs is 2. The molecule has 1 aliphatic rings. The number of aromatic nitrogens is 4. The molecule has 170 valence electrons. The molecule has 0 amide bonds. The zero-order valence-corrected chi connectivity index (χ0v) is 19.1. The molecule has 0 saturated heterocycles. The van der Waals surface area contributed by atoms with Crippen LogP contribution in [-0.2, 0) is 15.4 Å². The van der Waals surface area contributed by atoms with Crippen molar-refractivity contribution >= 4 is 26.7 Å². The fourth-order valence-electron chi connectivity index (χ4n) is 4.75. The molecule has 0 unspecified atom stereocenters. The zero-order chi connectivity index (χ0) is 23.7. The molecule has 1 aliphatic carbocycles. The first-order valence-electron chi connectivity index (χ1n) is 10.8. The lowest BCUT2D eigenvalue weighted by Gasteiger charge is -2.17. The van der Waals surface area contributed by atoms with E-state index in [1.807, 2.05) is 28.9 Å². The molecule has 6 rings (SSSR count). The average Bonchev–Trinajstić information content (AvgIpc) is 3.52. The Labute approximate surface area is 195 Å². The number of nitrogens with two attached hydrogens (primary N) is 1. The maximum absolute atomic E-state index is 14.8. The highest BCUT2D eigenvalue weighted by Crippen LogP contribution is 2.53. The smallest absolute Gasteiger partial charge is 0.240 e. The number of pyridine rings is 1. The second kappa shape index (κ2) is 7.15. The average molecular weight is 474 g/mol. The fourth-order valence-corrected chi connectivity index (χ4v) is 5.41. The van der Waals surface area contributed by atoms with E-state index in [2.05, 4.69) is 33.2 Å². The summed E-state index contributed by atoms with van der Waals surface area (Å²) in [5.41, 5.74) is 4.37.